The van der Waals surface area contributed by atoms with E-state index in [4.69, 9.17) is 5.73 Å². The number of amides is 2. The van der Waals surface area contributed by atoms with E-state index in [1.165, 1.54) is 0 Å². The molecule has 8 nitrogen and oxygen atoms in total. The minimum Gasteiger partial charge on any atom is -0.368 e. The summed E-state index contributed by atoms with van der Waals surface area (Å²) in [4.78, 5) is 31.4. The van der Waals surface area contributed by atoms with Gasteiger partial charge in [-0.15, -0.1) is 0 Å². The van der Waals surface area contributed by atoms with Crippen molar-refractivity contribution < 1.29 is 14.0 Å². The summed E-state index contributed by atoms with van der Waals surface area (Å²) in [6, 6.07) is 8.15. The molecule has 1 aliphatic heterocycles. The van der Waals surface area contributed by atoms with Gasteiger partial charge in [-0.05, 0) is 55.3 Å². The molecule has 4 N–H and O–H groups in total. The third kappa shape index (κ3) is 4.72. The molecule has 0 bridgehead atoms. The third-order valence-corrected chi connectivity index (χ3v) is 6.65. The number of nitrogens with one attached hydrogen (secondary N) is 2. The van der Waals surface area contributed by atoms with Gasteiger partial charge in [0.25, 0.3) is 5.91 Å². The number of aromatic nitrogens is 3. The molecule has 2 aliphatic rings. The van der Waals surface area contributed by atoms with Crippen LogP contribution in [0.5, 0.6) is 0 Å². The number of fused-ring (bicyclic) bond motifs is 1. The van der Waals surface area contributed by atoms with E-state index >= 15 is 0 Å². The molecule has 3 atom stereocenters. The second-order valence-electron chi connectivity index (χ2n) is 8.98. The van der Waals surface area contributed by atoms with Crippen LogP contribution in [-0.2, 0) is 4.79 Å². The molecule has 0 spiro atoms. The summed E-state index contributed by atoms with van der Waals surface area (Å²) in [5.41, 5.74) is 9.08. The SMILES string of the molecule is NC(=O)C(C1=CC=CCC1F)N1CCC[C@@H](NC(=O)c2ccc3[nH]nc(-c4ccncc4)c3c2)C1. The number of pyridine rings is 1. The van der Waals surface area contributed by atoms with E-state index in [-0.39, 0.29) is 18.4 Å². The normalized spacial score (nSPS) is 21.5. The Morgan fingerprint density at radius 1 is 1.23 bits per heavy atom. The third-order valence-electron chi connectivity index (χ3n) is 6.65. The Balaban J connectivity index is 1.33. The lowest BCUT2D eigenvalue weighted by molar-refractivity contribution is -0.122. The van der Waals surface area contributed by atoms with Crippen molar-refractivity contribution in [2.75, 3.05) is 13.1 Å². The minimum atomic E-state index is -1.23. The van der Waals surface area contributed by atoms with E-state index in [9.17, 15) is 14.0 Å². The smallest absolute Gasteiger partial charge is 0.251 e. The Morgan fingerprint density at radius 3 is 2.83 bits per heavy atom. The second kappa shape index (κ2) is 9.79. The number of primary amides is 1. The summed E-state index contributed by atoms with van der Waals surface area (Å²) in [6.07, 6.45) is 9.08. The Kier molecular flexibility index (Phi) is 6.41. The fourth-order valence-electron chi connectivity index (χ4n) is 4.95. The molecule has 0 saturated carbocycles. The maximum atomic E-state index is 14.6. The summed E-state index contributed by atoms with van der Waals surface area (Å²) in [5.74, 6) is -0.783. The number of likely N-dealkylation sites (tertiary alicyclic amines) is 1. The zero-order valence-corrected chi connectivity index (χ0v) is 19.2. The number of piperidine rings is 1. The van der Waals surface area contributed by atoms with Crippen LogP contribution in [0.25, 0.3) is 22.2 Å². The standard InChI is InChI=1S/C26H27FN6O2/c27-21-6-2-1-5-19(21)24(25(28)34)33-13-3-4-18(15-33)30-26(35)17-7-8-22-20(14-17)23(32-31-22)16-9-11-29-12-10-16/h1-2,5,7-12,14,18,21,24H,3-4,6,13,15H2,(H2,28,34)(H,30,35)(H,31,32)/t18-,21?,24?/m1/s1. The zero-order chi connectivity index (χ0) is 24.4. The van der Waals surface area contributed by atoms with Crippen LogP contribution in [0.3, 0.4) is 0 Å². The Bertz CT molecular complexity index is 1300. The van der Waals surface area contributed by atoms with Crippen molar-refractivity contribution in [3.63, 3.8) is 0 Å². The average Bonchev–Trinajstić information content (AvgIpc) is 3.29. The molecule has 1 aromatic carbocycles. The number of benzene rings is 1. The first-order chi connectivity index (χ1) is 17.0. The number of nitrogens with two attached hydrogens (primary N) is 1. The van der Waals surface area contributed by atoms with E-state index in [1.807, 2.05) is 29.2 Å². The number of halogens is 1. The largest absolute Gasteiger partial charge is 0.368 e. The predicted molar refractivity (Wildman–Crippen MR) is 131 cm³/mol. The predicted octanol–water partition coefficient (Wildman–Crippen LogP) is 2.90. The van der Waals surface area contributed by atoms with Crippen molar-refractivity contribution in [3.8, 4) is 11.3 Å². The van der Waals surface area contributed by atoms with Gasteiger partial charge >= 0.3 is 0 Å². The molecule has 1 aliphatic carbocycles. The van der Waals surface area contributed by atoms with E-state index in [0.29, 0.717) is 24.2 Å². The summed E-state index contributed by atoms with van der Waals surface area (Å²) < 4.78 is 14.6. The van der Waals surface area contributed by atoms with Gasteiger partial charge in [0.15, 0.2) is 0 Å². The fraction of sp³-hybridized carbons (Fsp3) is 0.308. The molecular weight excluding hydrogens is 447 g/mol. The van der Waals surface area contributed by atoms with Gasteiger partial charge in [0.05, 0.1) is 5.52 Å². The molecule has 35 heavy (non-hydrogen) atoms. The second-order valence-corrected chi connectivity index (χ2v) is 8.98. The Hall–Kier alpha value is -3.85. The number of H-pyrrole nitrogens is 1. The highest BCUT2D eigenvalue weighted by Crippen LogP contribution is 2.28. The monoisotopic (exact) mass is 474 g/mol. The van der Waals surface area contributed by atoms with Gasteiger partial charge in [-0.1, -0.05) is 18.2 Å². The number of allylic oxidation sites excluding steroid dienone is 3. The van der Waals surface area contributed by atoms with Crippen LogP contribution in [0.15, 0.2) is 66.5 Å². The topological polar surface area (TPSA) is 117 Å². The first-order valence-corrected chi connectivity index (χ1v) is 11.7. The lowest BCUT2D eigenvalue weighted by Crippen LogP contribution is -2.55. The van der Waals surface area contributed by atoms with Crippen LogP contribution in [0, 0.1) is 0 Å². The van der Waals surface area contributed by atoms with E-state index in [1.54, 1.807) is 36.7 Å². The van der Waals surface area contributed by atoms with Crippen LogP contribution in [0.4, 0.5) is 4.39 Å². The molecule has 2 aromatic heterocycles. The van der Waals surface area contributed by atoms with Crippen LogP contribution < -0.4 is 11.1 Å². The van der Waals surface area contributed by atoms with E-state index in [0.717, 1.165) is 35.0 Å². The highest BCUT2D eigenvalue weighted by Gasteiger charge is 2.35. The van der Waals surface area contributed by atoms with Gasteiger partial charge in [-0.25, -0.2) is 4.39 Å². The van der Waals surface area contributed by atoms with Crippen molar-refractivity contribution in [3.05, 3.63) is 72.1 Å². The summed E-state index contributed by atoms with van der Waals surface area (Å²) >= 11 is 0. The van der Waals surface area contributed by atoms with Crippen molar-refractivity contribution in [1.29, 1.82) is 0 Å². The highest BCUT2D eigenvalue weighted by atomic mass is 19.1. The summed E-state index contributed by atoms with van der Waals surface area (Å²) in [6.45, 7) is 1.04. The van der Waals surface area contributed by atoms with Crippen molar-refractivity contribution in [2.24, 2.45) is 5.73 Å². The fourth-order valence-corrected chi connectivity index (χ4v) is 4.95. The van der Waals surface area contributed by atoms with E-state index in [2.05, 4.69) is 20.5 Å². The lowest BCUT2D eigenvalue weighted by Gasteiger charge is -2.39. The first-order valence-electron chi connectivity index (χ1n) is 11.7. The maximum Gasteiger partial charge on any atom is 0.251 e. The Morgan fingerprint density at radius 2 is 2.06 bits per heavy atom. The summed E-state index contributed by atoms with van der Waals surface area (Å²) in [7, 11) is 0. The number of aromatic amines is 1. The molecule has 0 radical (unpaired) electrons. The van der Waals surface area contributed by atoms with Crippen molar-refractivity contribution in [1.82, 2.24) is 25.4 Å². The van der Waals surface area contributed by atoms with Crippen LogP contribution in [-0.4, -0.2) is 63.2 Å². The molecule has 3 aromatic rings. The first kappa shape index (κ1) is 22.9. The van der Waals surface area contributed by atoms with Crippen molar-refractivity contribution >= 4 is 22.7 Å². The molecule has 5 rings (SSSR count). The van der Waals surface area contributed by atoms with Gasteiger partial charge < -0.3 is 11.1 Å². The molecular formula is C26H27FN6O2. The molecule has 9 heteroatoms. The Labute approximate surface area is 202 Å². The van der Waals surface area contributed by atoms with Gasteiger partial charge in [0, 0.05) is 47.9 Å². The number of hydrogen-bond donors (Lipinski definition) is 3. The molecule has 2 unspecified atom stereocenters. The molecule has 1 fully saturated rings. The molecule has 2 amide bonds. The van der Waals surface area contributed by atoms with Crippen molar-refractivity contribution in [2.45, 2.75) is 37.5 Å². The number of nitrogens with zero attached hydrogens (tertiary/aromatic N) is 3. The number of alkyl halides is 1. The summed E-state index contributed by atoms with van der Waals surface area (Å²) in [5, 5.41) is 11.3. The van der Waals surface area contributed by atoms with E-state index < -0.39 is 18.1 Å². The molecule has 3 heterocycles. The quantitative estimate of drug-likeness (QED) is 0.508. The number of hydrogen-bond acceptors (Lipinski definition) is 5. The van der Waals surface area contributed by atoms with Gasteiger partial charge in [0.1, 0.15) is 17.9 Å². The zero-order valence-electron chi connectivity index (χ0n) is 19.2. The van der Waals surface area contributed by atoms with Gasteiger partial charge in [-0.2, -0.15) is 5.10 Å². The molecule has 180 valence electrons. The van der Waals surface area contributed by atoms with Crippen LogP contribution in [0.1, 0.15) is 29.6 Å². The maximum absolute atomic E-state index is 14.6. The number of carbonyl (C=O) groups is 2. The average molecular weight is 475 g/mol. The molecule has 1 saturated heterocycles. The highest BCUT2D eigenvalue weighted by molar-refractivity contribution is 6.01. The van der Waals surface area contributed by atoms with Gasteiger partial charge in [0.2, 0.25) is 5.91 Å². The van der Waals surface area contributed by atoms with Crippen LogP contribution >= 0.6 is 0 Å². The minimum absolute atomic E-state index is 0.185. The lowest BCUT2D eigenvalue weighted by atomic mass is 9.92. The van der Waals surface area contributed by atoms with Gasteiger partial charge in [-0.3, -0.25) is 24.6 Å². The number of carbonyl (C=O) groups excluding carboxylic acids is 2. The van der Waals surface area contributed by atoms with Crippen LogP contribution in [0.2, 0.25) is 0 Å². The number of rotatable bonds is 6.